The van der Waals surface area contributed by atoms with Crippen LogP contribution in [0.15, 0.2) is 30.5 Å². The molecule has 0 atom stereocenters. The van der Waals surface area contributed by atoms with Gasteiger partial charge in [-0.25, -0.2) is 13.4 Å². The van der Waals surface area contributed by atoms with Crippen LogP contribution in [-0.4, -0.2) is 50.2 Å². The standard InChI is InChI=1S/C27H35ClN4O3S/c1-36(33,34)14-9-20-5-7-21(8-6-20)15-22-16-23(24(28)17-30-22)25-3-2-4-26(32-25)31-19-27(18-29)10-12-35-13-11-27/h2-4,16-17,20-21H,5-15,19H2,1H3,(H,31,32). The summed E-state index contributed by atoms with van der Waals surface area (Å²) in [7, 11) is -2.89. The average molecular weight is 531 g/mol. The highest BCUT2D eigenvalue weighted by molar-refractivity contribution is 7.90. The van der Waals surface area contributed by atoms with E-state index in [1.165, 1.54) is 6.26 Å². The number of pyridine rings is 2. The summed E-state index contributed by atoms with van der Waals surface area (Å²) in [5.74, 6) is 2.06. The molecule has 2 aromatic heterocycles. The Hall–Kier alpha value is -2.21. The minimum Gasteiger partial charge on any atom is -0.381 e. The molecule has 2 aromatic rings. The Labute approximate surface area is 219 Å². The lowest BCUT2D eigenvalue weighted by Gasteiger charge is -2.30. The average Bonchev–Trinajstić information content (AvgIpc) is 2.88. The number of nitriles is 1. The number of hydrogen-bond donors (Lipinski definition) is 1. The van der Waals surface area contributed by atoms with E-state index in [2.05, 4.69) is 16.4 Å². The first-order valence-electron chi connectivity index (χ1n) is 12.8. The number of anilines is 1. The lowest BCUT2D eigenvalue weighted by atomic mass is 9.79. The van der Waals surface area contributed by atoms with Crippen LogP contribution < -0.4 is 5.32 Å². The van der Waals surface area contributed by atoms with Crippen LogP contribution in [0, 0.1) is 28.6 Å². The SMILES string of the molecule is CS(=O)(=O)CCC1CCC(Cc2cc(-c3cccc(NCC4(C#N)CCOCC4)n3)c(Cl)cn2)CC1. The first-order chi connectivity index (χ1) is 17.3. The zero-order valence-corrected chi connectivity index (χ0v) is 22.5. The molecule has 36 heavy (non-hydrogen) atoms. The molecule has 0 amide bonds. The van der Waals surface area contributed by atoms with E-state index in [1.54, 1.807) is 6.20 Å². The smallest absolute Gasteiger partial charge is 0.147 e. The third-order valence-electron chi connectivity index (χ3n) is 7.59. The molecule has 2 fully saturated rings. The summed E-state index contributed by atoms with van der Waals surface area (Å²) in [5.41, 5.74) is 2.20. The van der Waals surface area contributed by atoms with Gasteiger partial charge in [0.05, 0.1) is 28.0 Å². The Morgan fingerprint density at radius 3 is 2.61 bits per heavy atom. The van der Waals surface area contributed by atoms with Crippen molar-refractivity contribution in [1.29, 1.82) is 5.26 Å². The monoisotopic (exact) mass is 530 g/mol. The Balaban J connectivity index is 1.38. The second kappa shape index (κ2) is 11.9. The van der Waals surface area contributed by atoms with E-state index in [4.69, 9.17) is 21.3 Å². The fraction of sp³-hybridized carbons (Fsp3) is 0.593. The van der Waals surface area contributed by atoms with E-state index in [1.807, 2.05) is 24.3 Å². The van der Waals surface area contributed by atoms with Crippen molar-refractivity contribution in [2.45, 2.75) is 51.4 Å². The van der Waals surface area contributed by atoms with Crippen LogP contribution in [0.25, 0.3) is 11.3 Å². The molecule has 1 aliphatic heterocycles. The highest BCUT2D eigenvalue weighted by Crippen LogP contribution is 2.35. The molecular weight excluding hydrogens is 496 g/mol. The van der Waals surface area contributed by atoms with E-state index in [9.17, 15) is 13.7 Å². The summed E-state index contributed by atoms with van der Waals surface area (Å²) in [6.07, 6.45) is 10.5. The van der Waals surface area contributed by atoms with Crippen LogP contribution in [0.5, 0.6) is 0 Å². The molecule has 1 saturated carbocycles. The number of hydrogen-bond acceptors (Lipinski definition) is 7. The highest BCUT2D eigenvalue weighted by Gasteiger charge is 2.32. The Bertz CT molecular complexity index is 1180. The number of halogens is 1. The van der Waals surface area contributed by atoms with Gasteiger partial charge in [0.25, 0.3) is 0 Å². The van der Waals surface area contributed by atoms with Gasteiger partial charge in [-0.15, -0.1) is 0 Å². The van der Waals surface area contributed by atoms with Gasteiger partial charge in [0.1, 0.15) is 15.7 Å². The molecule has 1 N–H and O–H groups in total. The van der Waals surface area contributed by atoms with Crippen molar-refractivity contribution < 1.29 is 13.2 Å². The number of sulfone groups is 1. The second-order valence-corrected chi connectivity index (χ2v) is 13.1. The topological polar surface area (TPSA) is 105 Å². The maximum atomic E-state index is 11.5. The van der Waals surface area contributed by atoms with Crippen LogP contribution in [0.1, 0.15) is 50.6 Å². The maximum Gasteiger partial charge on any atom is 0.147 e. The number of nitrogens with one attached hydrogen (secondary N) is 1. The quantitative estimate of drug-likeness (QED) is 0.468. The predicted molar refractivity (Wildman–Crippen MR) is 143 cm³/mol. The Kier molecular flexibility index (Phi) is 8.87. The normalized spacial score (nSPS) is 22.0. The van der Waals surface area contributed by atoms with Gasteiger partial charge in [0.15, 0.2) is 0 Å². The van der Waals surface area contributed by atoms with E-state index in [0.717, 1.165) is 74.1 Å². The van der Waals surface area contributed by atoms with Crippen LogP contribution in [0.2, 0.25) is 5.02 Å². The molecule has 0 radical (unpaired) electrons. The molecular formula is C27H35ClN4O3S. The maximum absolute atomic E-state index is 11.5. The minimum absolute atomic E-state index is 0.289. The lowest BCUT2D eigenvalue weighted by molar-refractivity contribution is 0.0455. The molecule has 9 heteroatoms. The number of ether oxygens (including phenoxy) is 1. The van der Waals surface area contributed by atoms with Crippen molar-refractivity contribution in [2.75, 3.05) is 37.1 Å². The van der Waals surface area contributed by atoms with E-state index in [0.29, 0.717) is 36.6 Å². The summed E-state index contributed by atoms with van der Waals surface area (Å²) < 4.78 is 28.4. The number of aromatic nitrogens is 2. The molecule has 1 saturated heterocycles. The van der Waals surface area contributed by atoms with Crippen molar-refractivity contribution in [3.05, 3.63) is 41.2 Å². The molecule has 4 rings (SSSR count). The summed E-state index contributed by atoms with van der Waals surface area (Å²) in [5, 5.41) is 13.6. The van der Waals surface area contributed by atoms with Crippen LogP contribution >= 0.6 is 11.6 Å². The molecule has 0 spiro atoms. The van der Waals surface area contributed by atoms with Gasteiger partial charge >= 0.3 is 0 Å². The van der Waals surface area contributed by atoms with Crippen LogP contribution in [-0.2, 0) is 21.0 Å². The van der Waals surface area contributed by atoms with Crippen molar-refractivity contribution >= 4 is 27.3 Å². The third kappa shape index (κ3) is 7.41. The van der Waals surface area contributed by atoms with Crippen molar-refractivity contribution in [3.63, 3.8) is 0 Å². The summed E-state index contributed by atoms with van der Waals surface area (Å²) in [6, 6.07) is 10.3. The van der Waals surface area contributed by atoms with E-state index in [-0.39, 0.29) is 5.75 Å². The summed E-state index contributed by atoms with van der Waals surface area (Å²) >= 11 is 6.53. The molecule has 2 aliphatic rings. The van der Waals surface area contributed by atoms with Gasteiger partial charge in [-0.3, -0.25) is 4.98 Å². The van der Waals surface area contributed by atoms with Gasteiger partial charge in [-0.05, 0) is 68.6 Å². The van der Waals surface area contributed by atoms with Gasteiger partial charge < -0.3 is 10.1 Å². The van der Waals surface area contributed by atoms with Gasteiger partial charge in [-0.2, -0.15) is 5.26 Å². The first kappa shape index (κ1) is 26.8. The molecule has 0 unspecified atom stereocenters. The van der Waals surface area contributed by atoms with Crippen molar-refractivity contribution in [3.8, 4) is 17.3 Å². The predicted octanol–water partition coefficient (Wildman–Crippen LogP) is 5.31. The molecule has 3 heterocycles. The zero-order valence-electron chi connectivity index (χ0n) is 20.9. The minimum atomic E-state index is -2.89. The summed E-state index contributed by atoms with van der Waals surface area (Å²) in [6.45, 7) is 1.76. The third-order valence-corrected chi connectivity index (χ3v) is 8.87. The second-order valence-electron chi connectivity index (χ2n) is 10.4. The molecule has 194 valence electrons. The van der Waals surface area contributed by atoms with Crippen LogP contribution in [0.4, 0.5) is 5.82 Å². The molecule has 1 aliphatic carbocycles. The zero-order chi connectivity index (χ0) is 25.6. The Morgan fingerprint density at radius 1 is 1.19 bits per heavy atom. The molecule has 0 aromatic carbocycles. The van der Waals surface area contributed by atoms with Gasteiger partial charge in [-0.1, -0.05) is 30.5 Å². The van der Waals surface area contributed by atoms with E-state index < -0.39 is 15.3 Å². The summed E-state index contributed by atoms with van der Waals surface area (Å²) in [4.78, 5) is 9.36. The van der Waals surface area contributed by atoms with E-state index >= 15 is 0 Å². The molecule has 0 bridgehead atoms. The molecule has 7 nitrogen and oxygen atoms in total. The number of nitrogens with zero attached hydrogens (tertiary/aromatic N) is 3. The number of rotatable bonds is 9. The Morgan fingerprint density at radius 2 is 1.92 bits per heavy atom. The lowest BCUT2D eigenvalue weighted by Crippen LogP contribution is -2.34. The fourth-order valence-electron chi connectivity index (χ4n) is 5.22. The van der Waals surface area contributed by atoms with Crippen molar-refractivity contribution in [2.24, 2.45) is 17.3 Å². The van der Waals surface area contributed by atoms with Gasteiger partial charge in [0, 0.05) is 43.5 Å². The fourth-order valence-corrected chi connectivity index (χ4v) is 6.19. The first-order valence-corrected chi connectivity index (χ1v) is 15.2. The largest absolute Gasteiger partial charge is 0.381 e. The van der Waals surface area contributed by atoms with Crippen molar-refractivity contribution in [1.82, 2.24) is 9.97 Å². The van der Waals surface area contributed by atoms with Crippen LogP contribution in [0.3, 0.4) is 0 Å². The van der Waals surface area contributed by atoms with Gasteiger partial charge in [0.2, 0.25) is 0 Å². The highest BCUT2D eigenvalue weighted by atomic mass is 35.5.